The van der Waals surface area contributed by atoms with E-state index < -0.39 is 22.7 Å². The van der Waals surface area contributed by atoms with Crippen LogP contribution >= 0.6 is 11.3 Å². The second-order valence-corrected chi connectivity index (χ2v) is 5.50. The number of halogens is 3. The van der Waals surface area contributed by atoms with Crippen molar-refractivity contribution in [1.82, 2.24) is 4.98 Å². The quantitative estimate of drug-likeness (QED) is 0.890. The number of benzene rings is 1. The number of anilines is 2. The summed E-state index contributed by atoms with van der Waals surface area (Å²) in [7, 11) is 0. The van der Waals surface area contributed by atoms with Crippen LogP contribution < -0.4 is 5.32 Å². The van der Waals surface area contributed by atoms with Gasteiger partial charge in [-0.15, -0.1) is 0 Å². The standard InChI is InChI=1S/C13H11F3N2O2S/c1-6-3-7(2)5-8(4-6)17-12-18-10(13(14,15)16)9(21-12)11(19)20/h3-5H,1-2H3,(H,17,18)(H,19,20). The Balaban J connectivity index is 2.39. The van der Waals surface area contributed by atoms with E-state index in [1.807, 2.05) is 19.9 Å². The Hall–Kier alpha value is -2.09. The Morgan fingerprint density at radius 3 is 2.24 bits per heavy atom. The zero-order chi connectivity index (χ0) is 15.8. The highest BCUT2D eigenvalue weighted by molar-refractivity contribution is 7.17. The highest BCUT2D eigenvalue weighted by atomic mass is 32.1. The molecule has 0 unspecified atom stereocenters. The fraction of sp³-hybridized carbons (Fsp3) is 0.231. The summed E-state index contributed by atoms with van der Waals surface area (Å²) in [5, 5.41) is 11.4. The lowest BCUT2D eigenvalue weighted by atomic mass is 10.1. The molecule has 0 aliphatic heterocycles. The Kier molecular flexibility index (Phi) is 3.91. The molecule has 21 heavy (non-hydrogen) atoms. The van der Waals surface area contributed by atoms with E-state index in [-0.39, 0.29) is 5.13 Å². The first-order valence-electron chi connectivity index (χ1n) is 5.83. The van der Waals surface area contributed by atoms with Crippen LogP contribution in [0.25, 0.3) is 0 Å². The number of aryl methyl sites for hydroxylation is 2. The Labute approximate surface area is 122 Å². The number of aromatic nitrogens is 1. The third kappa shape index (κ3) is 3.52. The minimum Gasteiger partial charge on any atom is -0.477 e. The first kappa shape index (κ1) is 15.3. The van der Waals surface area contributed by atoms with Crippen LogP contribution in [0.2, 0.25) is 0 Å². The average molecular weight is 316 g/mol. The van der Waals surface area contributed by atoms with Crippen molar-refractivity contribution in [3.63, 3.8) is 0 Å². The van der Waals surface area contributed by atoms with Gasteiger partial charge < -0.3 is 10.4 Å². The van der Waals surface area contributed by atoms with Gasteiger partial charge in [0.1, 0.15) is 4.88 Å². The van der Waals surface area contributed by atoms with Gasteiger partial charge in [0.05, 0.1) is 0 Å². The lowest BCUT2D eigenvalue weighted by Crippen LogP contribution is -2.11. The number of carboxylic acid groups (broad SMARTS) is 1. The molecule has 2 N–H and O–H groups in total. The zero-order valence-electron chi connectivity index (χ0n) is 11.1. The predicted molar refractivity (Wildman–Crippen MR) is 73.3 cm³/mol. The van der Waals surface area contributed by atoms with E-state index in [0.717, 1.165) is 11.1 Å². The van der Waals surface area contributed by atoms with Crippen molar-refractivity contribution in [2.75, 3.05) is 5.32 Å². The number of hydrogen-bond donors (Lipinski definition) is 2. The highest BCUT2D eigenvalue weighted by Gasteiger charge is 2.39. The predicted octanol–water partition coefficient (Wildman–Crippen LogP) is 4.22. The van der Waals surface area contributed by atoms with Gasteiger partial charge in [0.15, 0.2) is 10.8 Å². The molecular formula is C13H11F3N2O2S. The summed E-state index contributed by atoms with van der Waals surface area (Å²) in [6, 6.07) is 5.39. The summed E-state index contributed by atoms with van der Waals surface area (Å²) >= 11 is 0.459. The van der Waals surface area contributed by atoms with Gasteiger partial charge in [-0.1, -0.05) is 17.4 Å². The fourth-order valence-corrected chi connectivity index (χ4v) is 2.73. The van der Waals surface area contributed by atoms with E-state index in [4.69, 9.17) is 5.11 Å². The van der Waals surface area contributed by atoms with Gasteiger partial charge in [0.2, 0.25) is 0 Å². The van der Waals surface area contributed by atoms with Crippen LogP contribution in [0.4, 0.5) is 24.0 Å². The third-order valence-electron chi connectivity index (χ3n) is 2.56. The molecule has 4 nitrogen and oxygen atoms in total. The molecule has 0 radical (unpaired) electrons. The number of alkyl halides is 3. The molecule has 8 heteroatoms. The van der Waals surface area contributed by atoms with Crippen LogP contribution in [-0.2, 0) is 6.18 Å². The van der Waals surface area contributed by atoms with E-state index in [9.17, 15) is 18.0 Å². The van der Waals surface area contributed by atoms with Crippen LogP contribution in [0.5, 0.6) is 0 Å². The van der Waals surface area contributed by atoms with E-state index in [2.05, 4.69) is 10.3 Å². The lowest BCUT2D eigenvalue weighted by molar-refractivity contribution is -0.141. The molecule has 1 aromatic carbocycles. The van der Waals surface area contributed by atoms with Gasteiger partial charge in [0.25, 0.3) is 0 Å². The van der Waals surface area contributed by atoms with Gasteiger partial charge >= 0.3 is 12.1 Å². The Bertz CT molecular complexity index is 675. The van der Waals surface area contributed by atoms with Crippen molar-refractivity contribution in [3.05, 3.63) is 39.9 Å². The SMILES string of the molecule is Cc1cc(C)cc(Nc2nc(C(F)(F)F)c(C(=O)O)s2)c1. The van der Waals surface area contributed by atoms with Crippen LogP contribution in [-0.4, -0.2) is 16.1 Å². The molecule has 1 aromatic heterocycles. The summed E-state index contributed by atoms with van der Waals surface area (Å²) in [5.41, 5.74) is 1.05. The molecule has 0 aliphatic carbocycles. The van der Waals surface area contributed by atoms with Crippen molar-refractivity contribution < 1.29 is 23.1 Å². The van der Waals surface area contributed by atoms with E-state index in [1.165, 1.54) is 0 Å². The number of nitrogens with zero attached hydrogens (tertiary/aromatic N) is 1. The summed E-state index contributed by atoms with van der Waals surface area (Å²) in [5.74, 6) is -1.65. The smallest absolute Gasteiger partial charge is 0.435 e. The topological polar surface area (TPSA) is 62.2 Å². The van der Waals surface area contributed by atoms with Crippen LogP contribution in [0, 0.1) is 13.8 Å². The zero-order valence-corrected chi connectivity index (χ0v) is 11.9. The number of carbonyl (C=O) groups is 1. The maximum Gasteiger partial charge on any atom is 0.435 e. The Morgan fingerprint density at radius 1 is 1.24 bits per heavy atom. The van der Waals surface area contributed by atoms with Crippen molar-refractivity contribution in [2.45, 2.75) is 20.0 Å². The van der Waals surface area contributed by atoms with E-state index >= 15 is 0 Å². The summed E-state index contributed by atoms with van der Waals surface area (Å²) in [4.78, 5) is 13.4. The molecule has 2 rings (SSSR count). The normalized spacial score (nSPS) is 11.5. The van der Waals surface area contributed by atoms with Gasteiger partial charge in [-0.2, -0.15) is 13.2 Å². The minimum atomic E-state index is -4.80. The largest absolute Gasteiger partial charge is 0.477 e. The maximum absolute atomic E-state index is 12.7. The van der Waals surface area contributed by atoms with Crippen LogP contribution in [0.1, 0.15) is 26.5 Å². The van der Waals surface area contributed by atoms with E-state index in [1.54, 1.807) is 12.1 Å². The van der Waals surface area contributed by atoms with Crippen molar-refractivity contribution in [3.8, 4) is 0 Å². The molecule has 2 aromatic rings. The number of hydrogen-bond acceptors (Lipinski definition) is 4. The van der Waals surface area contributed by atoms with Crippen LogP contribution in [0.3, 0.4) is 0 Å². The summed E-state index contributed by atoms with van der Waals surface area (Å²) < 4.78 is 38.2. The number of thiazole rings is 1. The molecule has 0 saturated carbocycles. The van der Waals surface area contributed by atoms with Gasteiger partial charge in [-0.3, -0.25) is 0 Å². The molecule has 112 valence electrons. The van der Waals surface area contributed by atoms with Gasteiger partial charge in [-0.05, 0) is 37.1 Å². The maximum atomic E-state index is 12.7. The van der Waals surface area contributed by atoms with Gasteiger partial charge in [0, 0.05) is 5.69 Å². The Morgan fingerprint density at radius 2 is 1.81 bits per heavy atom. The molecule has 0 atom stereocenters. The number of rotatable bonds is 3. The molecule has 0 saturated heterocycles. The van der Waals surface area contributed by atoms with Crippen molar-refractivity contribution >= 4 is 28.1 Å². The van der Waals surface area contributed by atoms with Gasteiger partial charge in [-0.25, -0.2) is 9.78 Å². The average Bonchev–Trinajstić information content (AvgIpc) is 2.71. The number of aromatic carboxylic acids is 1. The first-order valence-corrected chi connectivity index (χ1v) is 6.65. The second kappa shape index (κ2) is 5.36. The molecular weight excluding hydrogens is 305 g/mol. The second-order valence-electron chi connectivity index (χ2n) is 4.50. The fourth-order valence-electron chi connectivity index (χ4n) is 1.88. The minimum absolute atomic E-state index is 0.107. The lowest BCUT2D eigenvalue weighted by Gasteiger charge is -2.05. The molecule has 0 fully saturated rings. The number of nitrogens with one attached hydrogen (secondary N) is 1. The van der Waals surface area contributed by atoms with Crippen LogP contribution in [0.15, 0.2) is 18.2 Å². The monoisotopic (exact) mass is 316 g/mol. The summed E-state index contributed by atoms with van der Waals surface area (Å²) in [6.07, 6.45) is -4.80. The van der Waals surface area contributed by atoms with Crippen molar-refractivity contribution in [1.29, 1.82) is 0 Å². The van der Waals surface area contributed by atoms with E-state index in [0.29, 0.717) is 17.0 Å². The van der Waals surface area contributed by atoms with Crippen molar-refractivity contribution in [2.24, 2.45) is 0 Å². The summed E-state index contributed by atoms with van der Waals surface area (Å²) in [6.45, 7) is 3.70. The first-order chi connectivity index (χ1) is 9.66. The third-order valence-corrected chi connectivity index (χ3v) is 3.52. The highest BCUT2D eigenvalue weighted by Crippen LogP contribution is 2.37. The number of carboxylic acids is 1. The molecule has 0 amide bonds. The molecule has 0 spiro atoms. The molecule has 0 bridgehead atoms. The molecule has 1 heterocycles. The molecule has 0 aliphatic rings.